The summed E-state index contributed by atoms with van der Waals surface area (Å²) in [7, 11) is 1.42. The quantitative estimate of drug-likeness (QED) is 0.258. The third-order valence-corrected chi connectivity index (χ3v) is 5.49. The van der Waals surface area contributed by atoms with E-state index in [1.165, 1.54) is 25.5 Å². The van der Waals surface area contributed by atoms with E-state index in [0.29, 0.717) is 24.5 Å². The van der Waals surface area contributed by atoms with Gasteiger partial charge in [0.25, 0.3) is 0 Å². The minimum Gasteiger partial charge on any atom is -0.469 e. The first-order chi connectivity index (χ1) is 13.7. The van der Waals surface area contributed by atoms with Crippen molar-refractivity contribution in [2.24, 2.45) is 5.92 Å². The number of hydrogen-bond acceptors (Lipinski definition) is 3. The molecule has 1 saturated carbocycles. The van der Waals surface area contributed by atoms with Crippen LogP contribution in [-0.2, 0) is 14.3 Å². The standard InChI is InChI=1S/C25H34O3/c1-3-4-5-8-11-20-14-16-22(17-15-20)25-21(18-19-23(25)26)12-9-6-7-10-13-24(27)28-2/h6,8-9,11,14-17,21,25H,3-5,7,10,12-13,18-19H2,1-2H3/b9-6-,11-8?/t21-,25-/m0/s1. The van der Waals surface area contributed by atoms with Gasteiger partial charge >= 0.3 is 5.97 Å². The molecule has 2 rings (SSSR count). The first-order valence-corrected chi connectivity index (χ1v) is 10.7. The van der Waals surface area contributed by atoms with Gasteiger partial charge < -0.3 is 4.74 Å². The summed E-state index contributed by atoms with van der Waals surface area (Å²) in [6, 6.07) is 8.51. The molecule has 28 heavy (non-hydrogen) atoms. The first kappa shape index (κ1) is 22.1. The number of carbonyl (C=O) groups excluding carboxylic acids is 2. The molecule has 0 aromatic heterocycles. The van der Waals surface area contributed by atoms with Crippen LogP contribution in [0.4, 0.5) is 0 Å². The van der Waals surface area contributed by atoms with Crippen LogP contribution in [0.15, 0.2) is 42.5 Å². The number of esters is 1. The molecule has 3 nitrogen and oxygen atoms in total. The summed E-state index contributed by atoms with van der Waals surface area (Å²) in [4.78, 5) is 23.6. The number of unbranched alkanes of at least 4 members (excludes halogenated alkanes) is 3. The maximum absolute atomic E-state index is 12.5. The lowest BCUT2D eigenvalue weighted by Crippen LogP contribution is -2.12. The summed E-state index contributed by atoms with van der Waals surface area (Å²) >= 11 is 0. The Bertz CT molecular complexity index is 670. The third-order valence-electron chi connectivity index (χ3n) is 5.49. The molecule has 3 heteroatoms. The Labute approximate surface area is 169 Å². The number of ketones is 1. The van der Waals surface area contributed by atoms with Gasteiger partial charge in [0.1, 0.15) is 5.78 Å². The zero-order valence-electron chi connectivity index (χ0n) is 17.4. The van der Waals surface area contributed by atoms with Crippen molar-refractivity contribution in [3.63, 3.8) is 0 Å². The van der Waals surface area contributed by atoms with E-state index >= 15 is 0 Å². The van der Waals surface area contributed by atoms with Gasteiger partial charge in [0.15, 0.2) is 0 Å². The number of carbonyl (C=O) groups is 2. The molecule has 0 unspecified atom stereocenters. The lowest BCUT2D eigenvalue weighted by atomic mass is 9.86. The fraction of sp³-hybridized carbons (Fsp3) is 0.520. The van der Waals surface area contributed by atoms with Crippen LogP contribution in [0.25, 0.3) is 6.08 Å². The number of hydrogen-bond donors (Lipinski definition) is 0. The fourth-order valence-corrected chi connectivity index (χ4v) is 3.84. The SMILES string of the molecule is CCCCC=Cc1ccc([C@H]2C(=O)CC[C@@H]2C/C=C\CCCC(=O)OC)cc1. The molecule has 0 saturated heterocycles. The van der Waals surface area contributed by atoms with E-state index in [0.717, 1.165) is 37.7 Å². The van der Waals surface area contributed by atoms with E-state index in [1.807, 2.05) is 0 Å². The number of rotatable bonds is 11. The summed E-state index contributed by atoms with van der Waals surface area (Å²) in [5.74, 6) is 0.627. The molecular weight excluding hydrogens is 348 g/mol. The second kappa shape index (κ2) is 12.3. The van der Waals surface area contributed by atoms with Crippen LogP contribution in [0.1, 0.15) is 81.8 Å². The van der Waals surface area contributed by atoms with E-state index in [9.17, 15) is 9.59 Å². The highest BCUT2D eigenvalue weighted by molar-refractivity contribution is 5.88. The second-order valence-corrected chi connectivity index (χ2v) is 7.63. The molecular formula is C25H34O3. The van der Waals surface area contributed by atoms with Crippen LogP contribution in [0.3, 0.4) is 0 Å². The van der Waals surface area contributed by atoms with Gasteiger partial charge in [0.05, 0.1) is 7.11 Å². The van der Waals surface area contributed by atoms with Gasteiger partial charge in [-0.25, -0.2) is 0 Å². The van der Waals surface area contributed by atoms with Gasteiger partial charge in [0.2, 0.25) is 0 Å². The molecule has 1 aliphatic carbocycles. The van der Waals surface area contributed by atoms with E-state index in [4.69, 9.17) is 0 Å². The summed E-state index contributed by atoms with van der Waals surface area (Å²) in [6.45, 7) is 2.20. The molecule has 1 aromatic rings. The average molecular weight is 383 g/mol. The summed E-state index contributed by atoms with van der Waals surface area (Å²) < 4.78 is 4.65. The lowest BCUT2D eigenvalue weighted by molar-refractivity contribution is -0.140. The molecule has 1 fully saturated rings. The van der Waals surface area contributed by atoms with Gasteiger partial charge in [-0.15, -0.1) is 0 Å². The summed E-state index contributed by atoms with van der Waals surface area (Å²) in [6.07, 6.45) is 17.0. The van der Waals surface area contributed by atoms with Crippen molar-refractivity contribution in [3.05, 3.63) is 53.6 Å². The smallest absolute Gasteiger partial charge is 0.305 e. The zero-order valence-corrected chi connectivity index (χ0v) is 17.4. The Morgan fingerprint density at radius 3 is 2.57 bits per heavy atom. The molecule has 0 heterocycles. The fourth-order valence-electron chi connectivity index (χ4n) is 3.84. The monoisotopic (exact) mass is 382 g/mol. The second-order valence-electron chi connectivity index (χ2n) is 7.63. The van der Waals surface area contributed by atoms with Gasteiger partial charge in [0, 0.05) is 18.8 Å². The molecule has 1 aromatic carbocycles. The predicted octanol–water partition coefficient (Wildman–Crippen LogP) is 6.24. The third kappa shape index (κ3) is 7.10. The number of ether oxygens (including phenoxy) is 1. The molecule has 0 N–H and O–H groups in total. The van der Waals surface area contributed by atoms with Crippen molar-refractivity contribution in [1.82, 2.24) is 0 Å². The number of allylic oxidation sites excluding steroid dienone is 3. The first-order valence-electron chi connectivity index (χ1n) is 10.7. The number of methoxy groups -OCH3 is 1. The Hall–Kier alpha value is -2.16. The van der Waals surface area contributed by atoms with Crippen LogP contribution < -0.4 is 0 Å². The van der Waals surface area contributed by atoms with Crippen molar-refractivity contribution >= 4 is 17.8 Å². The Kier molecular flexibility index (Phi) is 9.74. The highest BCUT2D eigenvalue weighted by atomic mass is 16.5. The van der Waals surface area contributed by atoms with Crippen LogP contribution >= 0.6 is 0 Å². The molecule has 0 aliphatic heterocycles. The van der Waals surface area contributed by atoms with Crippen LogP contribution in [0.2, 0.25) is 0 Å². The minimum atomic E-state index is -0.154. The molecule has 0 spiro atoms. The van der Waals surface area contributed by atoms with Crippen molar-refractivity contribution in [1.29, 1.82) is 0 Å². The number of benzene rings is 1. The highest BCUT2D eigenvalue weighted by Gasteiger charge is 2.34. The number of Topliss-reactive ketones (excluding diaryl/α,β-unsaturated/α-hetero) is 1. The molecule has 1 aliphatic rings. The zero-order chi connectivity index (χ0) is 20.2. The highest BCUT2D eigenvalue weighted by Crippen LogP contribution is 2.39. The normalized spacial score (nSPS) is 19.7. The predicted molar refractivity (Wildman–Crippen MR) is 115 cm³/mol. The topological polar surface area (TPSA) is 43.4 Å². The van der Waals surface area contributed by atoms with Crippen molar-refractivity contribution < 1.29 is 14.3 Å². The van der Waals surface area contributed by atoms with Crippen molar-refractivity contribution in [2.75, 3.05) is 7.11 Å². The van der Waals surface area contributed by atoms with Crippen LogP contribution in [0, 0.1) is 5.92 Å². The molecule has 0 radical (unpaired) electrons. The van der Waals surface area contributed by atoms with Crippen molar-refractivity contribution in [3.8, 4) is 0 Å². The molecule has 0 bridgehead atoms. The largest absolute Gasteiger partial charge is 0.469 e. The summed E-state index contributed by atoms with van der Waals surface area (Å²) in [5, 5.41) is 0. The Balaban J connectivity index is 1.87. The maximum Gasteiger partial charge on any atom is 0.305 e. The van der Waals surface area contributed by atoms with Crippen LogP contribution in [0.5, 0.6) is 0 Å². The van der Waals surface area contributed by atoms with Gasteiger partial charge in [-0.2, -0.15) is 0 Å². The van der Waals surface area contributed by atoms with Crippen molar-refractivity contribution in [2.45, 2.75) is 70.6 Å². The van der Waals surface area contributed by atoms with Gasteiger partial charge in [-0.05, 0) is 49.1 Å². The molecule has 2 atom stereocenters. The van der Waals surface area contributed by atoms with Crippen LogP contribution in [-0.4, -0.2) is 18.9 Å². The van der Waals surface area contributed by atoms with E-state index in [2.05, 4.69) is 60.2 Å². The molecule has 0 amide bonds. The van der Waals surface area contributed by atoms with E-state index in [-0.39, 0.29) is 11.9 Å². The average Bonchev–Trinajstić information content (AvgIpc) is 3.08. The maximum atomic E-state index is 12.5. The van der Waals surface area contributed by atoms with E-state index in [1.54, 1.807) is 0 Å². The summed E-state index contributed by atoms with van der Waals surface area (Å²) in [5.41, 5.74) is 2.35. The van der Waals surface area contributed by atoms with E-state index < -0.39 is 0 Å². The van der Waals surface area contributed by atoms with Gasteiger partial charge in [-0.1, -0.05) is 68.3 Å². The van der Waals surface area contributed by atoms with Gasteiger partial charge in [-0.3, -0.25) is 9.59 Å². The lowest BCUT2D eigenvalue weighted by Gasteiger charge is -2.17. The molecule has 152 valence electrons. The Morgan fingerprint density at radius 1 is 1.11 bits per heavy atom. The minimum absolute atomic E-state index is 0.0258. The Morgan fingerprint density at radius 2 is 1.86 bits per heavy atom.